The number of benzene rings is 1. The van der Waals surface area contributed by atoms with E-state index >= 15 is 0 Å². The van der Waals surface area contributed by atoms with Crippen LogP contribution in [0.1, 0.15) is 5.56 Å². The van der Waals surface area contributed by atoms with Gasteiger partial charge in [0.15, 0.2) is 11.5 Å². The lowest BCUT2D eigenvalue weighted by Crippen LogP contribution is -2.25. The standard InChI is InChI=1S/C13H19NO5/c1-16-10-7-9(5-6-14-13(15)19-4)12(18-3)11(8-10)17-2/h7-8H,5-6H2,1-4H3,(H,14,15). The van der Waals surface area contributed by atoms with Gasteiger partial charge in [-0.05, 0) is 12.5 Å². The smallest absolute Gasteiger partial charge is 0.406 e. The largest absolute Gasteiger partial charge is 0.497 e. The van der Waals surface area contributed by atoms with Gasteiger partial charge in [-0.15, -0.1) is 0 Å². The van der Waals surface area contributed by atoms with Crippen LogP contribution in [0.4, 0.5) is 4.79 Å². The summed E-state index contributed by atoms with van der Waals surface area (Å²) in [5.41, 5.74) is 0.884. The van der Waals surface area contributed by atoms with Gasteiger partial charge in [-0.2, -0.15) is 0 Å². The number of rotatable bonds is 6. The molecule has 0 aliphatic rings. The van der Waals surface area contributed by atoms with Crippen LogP contribution in [0.3, 0.4) is 0 Å². The first-order chi connectivity index (χ1) is 9.15. The second-order valence-corrected chi connectivity index (χ2v) is 3.69. The molecule has 1 aromatic carbocycles. The van der Waals surface area contributed by atoms with Gasteiger partial charge in [0.2, 0.25) is 0 Å². The number of carbonyl (C=O) groups excluding carboxylic acids is 1. The molecule has 6 heteroatoms. The molecule has 0 unspecified atom stereocenters. The summed E-state index contributed by atoms with van der Waals surface area (Å²) in [5, 5.41) is 2.61. The highest BCUT2D eigenvalue weighted by Gasteiger charge is 2.13. The highest BCUT2D eigenvalue weighted by molar-refractivity contribution is 5.66. The molecule has 0 saturated heterocycles. The third-order valence-electron chi connectivity index (χ3n) is 2.61. The molecule has 0 bridgehead atoms. The van der Waals surface area contributed by atoms with Gasteiger partial charge in [0, 0.05) is 18.2 Å². The molecule has 106 valence electrons. The van der Waals surface area contributed by atoms with E-state index in [9.17, 15) is 4.79 Å². The van der Waals surface area contributed by atoms with Crippen molar-refractivity contribution in [3.8, 4) is 17.2 Å². The van der Waals surface area contributed by atoms with Crippen LogP contribution in [-0.4, -0.2) is 41.1 Å². The van der Waals surface area contributed by atoms with Crippen molar-refractivity contribution in [2.75, 3.05) is 35.0 Å². The van der Waals surface area contributed by atoms with Gasteiger partial charge in [-0.1, -0.05) is 0 Å². The number of nitrogens with one attached hydrogen (secondary N) is 1. The highest BCUT2D eigenvalue weighted by Crippen LogP contribution is 2.35. The van der Waals surface area contributed by atoms with Crippen molar-refractivity contribution in [1.82, 2.24) is 5.32 Å². The Hall–Kier alpha value is -2.11. The molecule has 1 amide bonds. The number of carbonyl (C=O) groups is 1. The third-order valence-corrected chi connectivity index (χ3v) is 2.61. The van der Waals surface area contributed by atoms with Crippen molar-refractivity contribution in [2.24, 2.45) is 0 Å². The van der Waals surface area contributed by atoms with Crippen molar-refractivity contribution in [3.05, 3.63) is 17.7 Å². The maximum atomic E-state index is 11.0. The van der Waals surface area contributed by atoms with Crippen molar-refractivity contribution >= 4 is 6.09 Å². The average molecular weight is 269 g/mol. The Kier molecular flexibility index (Phi) is 5.78. The molecule has 1 rings (SSSR count). The zero-order chi connectivity index (χ0) is 14.3. The molecule has 0 saturated carbocycles. The Balaban J connectivity index is 2.87. The van der Waals surface area contributed by atoms with Crippen molar-refractivity contribution < 1.29 is 23.7 Å². The summed E-state index contributed by atoms with van der Waals surface area (Å²) >= 11 is 0. The van der Waals surface area contributed by atoms with Crippen LogP contribution < -0.4 is 19.5 Å². The quantitative estimate of drug-likeness (QED) is 0.850. The minimum absolute atomic E-state index is 0.430. The van der Waals surface area contributed by atoms with Gasteiger partial charge in [-0.25, -0.2) is 4.79 Å². The van der Waals surface area contributed by atoms with Crippen LogP contribution >= 0.6 is 0 Å². The van der Waals surface area contributed by atoms with E-state index in [-0.39, 0.29) is 0 Å². The van der Waals surface area contributed by atoms with Crippen LogP contribution in [0, 0.1) is 0 Å². The minimum Gasteiger partial charge on any atom is -0.497 e. The first-order valence-corrected chi connectivity index (χ1v) is 5.77. The van der Waals surface area contributed by atoms with E-state index in [0.717, 1.165) is 5.56 Å². The van der Waals surface area contributed by atoms with Crippen LogP contribution in [0.5, 0.6) is 17.2 Å². The maximum Gasteiger partial charge on any atom is 0.406 e. The first-order valence-electron chi connectivity index (χ1n) is 5.77. The lowest BCUT2D eigenvalue weighted by Gasteiger charge is -2.14. The molecule has 1 aromatic rings. The maximum absolute atomic E-state index is 11.0. The SMILES string of the molecule is COC(=O)NCCc1cc(OC)cc(OC)c1OC. The molecule has 0 atom stereocenters. The summed E-state index contributed by atoms with van der Waals surface area (Å²) in [6, 6.07) is 3.59. The molecule has 0 aliphatic carbocycles. The van der Waals surface area contributed by atoms with E-state index in [1.54, 1.807) is 27.4 Å². The van der Waals surface area contributed by atoms with Gasteiger partial charge in [0.1, 0.15) is 5.75 Å². The van der Waals surface area contributed by atoms with E-state index in [0.29, 0.717) is 30.2 Å². The molecule has 6 nitrogen and oxygen atoms in total. The summed E-state index contributed by atoms with van der Waals surface area (Å²) in [6.07, 6.45) is 0.111. The molecular weight excluding hydrogens is 250 g/mol. The molecule has 0 fully saturated rings. The minimum atomic E-state index is -0.464. The van der Waals surface area contributed by atoms with Crippen LogP contribution in [0.25, 0.3) is 0 Å². The van der Waals surface area contributed by atoms with E-state index in [1.807, 2.05) is 6.07 Å². The second kappa shape index (κ2) is 7.35. The van der Waals surface area contributed by atoms with Gasteiger partial charge < -0.3 is 24.3 Å². The monoisotopic (exact) mass is 269 g/mol. The van der Waals surface area contributed by atoms with Gasteiger partial charge in [0.05, 0.1) is 28.4 Å². The zero-order valence-corrected chi connectivity index (χ0v) is 11.6. The van der Waals surface area contributed by atoms with E-state index < -0.39 is 6.09 Å². The molecule has 19 heavy (non-hydrogen) atoms. The normalized spacial score (nSPS) is 9.68. The lowest BCUT2D eigenvalue weighted by molar-refractivity contribution is 0.171. The van der Waals surface area contributed by atoms with Crippen molar-refractivity contribution in [3.63, 3.8) is 0 Å². The fourth-order valence-corrected chi connectivity index (χ4v) is 1.69. The topological polar surface area (TPSA) is 66.0 Å². The molecule has 0 radical (unpaired) electrons. The Morgan fingerprint density at radius 3 is 2.37 bits per heavy atom. The Morgan fingerprint density at radius 1 is 1.11 bits per heavy atom. The van der Waals surface area contributed by atoms with Gasteiger partial charge in [-0.3, -0.25) is 0 Å². The first kappa shape index (κ1) is 14.9. The summed E-state index contributed by atoms with van der Waals surface area (Å²) in [5.74, 6) is 1.90. The highest BCUT2D eigenvalue weighted by atomic mass is 16.5. The van der Waals surface area contributed by atoms with Crippen molar-refractivity contribution in [2.45, 2.75) is 6.42 Å². The summed E-state index contributed by atoms with van der Waals surface area (Å²) in [4.78, 5) is 11.0. The van der Waals surface area contributed by atoms with E-state index in [1.165, 1.54) is 7.11 Å². The third kappa shape index (κ3) is 3.94. The zero-order valence-electron chi connectivity index (χ0n) is 11.6. The fourth-order valence-electron chi connectivity index (χ4n) is 1.69. The summed E-state index contributed by atoms with van der Waals surface area (Å²) in [6.45, 7) is 0.430. The second-order valence-electron chi connectivity index (χ2n) is 3.69. The molecule has 0 aliphatic heterocycles. The average Bonchev–Trinajstić information content (AvgIpc) is 2.45. The molecule has 0 aromatic heterocycles. The van der Waals surface area contributed by atoms with Crippen molar-refractivity contribution in [1.29, 1.82) is 0 Å². The molecule has 0 spiro atoms. The van der Waals surface area contributed by atoms with E-state index in [2.05, 4.69) is 10.1 Å². The number of ether oxygens (including phenoxy) is 4. The number of methoxy groups -OCH3 is 4. The number of alkyl carbamates (subject to hydrolysis) is 1. The van der Waals surface area contributed by atoms with E-state index in [4.69, 9.17) is 14.2 Å². The predicted octanol–water partition coefficient (Wildman–Crippen LogP) is 1.61. The number of hydrogen-bond donors (Lipinski definition) is 1. The Bertz CT molecular complexity index is 433. The van der Waals surface area contributed by atoms with Gasteiger partial charge >= 0.3 is 6.09 Å². The summed E-state index contributed by atoms with van der Waals surface area (Å²) in [7, 11) is 6.04. The Morgan fingerprint density at radius 2 is 1.84 bits per heavy atom. The Labute approximate surface area is 112 Å². The fraction of sp³-hybridized carbons (Fsp3) is 0.462. The van der Waals surface area contributed by atoms with Crippen LogP contribution in [0.15, 0.2) is 12.1 Å². The molecular formula is C13H19NO5. The number of amides is 1. The molecule has 0 heterocycles. The predicted molar refractivity (Wildman–Crippen MR) is 70.2 cm³/mol. The lowest BCUT2D eigenvalue weighted by atomic mass is 10.1. The van der Waals surface area contributed by atoms with Crippen LogP contribution in [-0.2, 0) is 11.2 Å². The number of hydrogen-bond acceptors (Lipinski definition) is 5. The summed E-state index contributed by atoms with van der Waals surface area (Å²) < 4.78 is 20.3. The molecule has 1 N–H and O–H groups in total. The van der Waals surface area contributed by atoms with Crippen LogP contribution in [0.2, 0.25) is 0 Å². The van der Waals surface area contributed by atoms with Gasteiger partial charge in [0.25, 0.3) is 0 Å².